The Hall–Kier alpha value is 0.0200. The highest BCUT2D eigenvalue weighted by Gasteiger charge is 2.30. The van der Waals surface area contributed by atoms with E-state index in [-0.39, 0.29) is 0 Å². The maximum absolute atomic E-state index is 12.3. The van der Waals surface area contributed by atoms with Crippen LogP contribution in [0.15, 0.2) is 10.4 Å². The van der Waals surface area contributed by atoms with Crippen LogP contribution < -0.4 is 0 Å². The summed E-state index contributed by atoms with van der Waals surface area (Å²) in [7, 11) is -3.32. The van der Waals surface area contributed by atoms with Crippen LogP contribution in [-0.2, 0) is 10.0 Å². The van der Waals surface area contributed by atoms with Gasteiger partial charge >= 0.3 is 0 Å². The summed E-state index contributed by atoms with van der Waals surface area (Å²) in [6, 6.07) is 0. The number of hydrogen-bond acceptors (Lipinski definition) is 4. The van der Waals surface area contributed by atoms with Crippen molar-refractivity contribution in [2.24, 2.45) is 5.92 Å². The monoisotopic (exact) mass is 338 g/mol. The number of hydrogen-bond donors (Lipinski definition) is 0. The third kappa shape index (κ3) is 2.89. The Morgan fingerprint density at radius 1 is 1.65 bits per heavy atom. The highest BCUT2D eigenvalue weighted by atomic mass is 79.9. The maximum Gasteiger partial charge on any atom is 0.254 e. The van der Waals surface area contributed by atoms with E-state index in [4.69, 9.17) is 0 Å². The highest BCUT2D eigenvalue weighted by Crippen LogP contribution is 2.27. The van der Waals surface area contributed by atoms with Gasteiger partial charge in [0.2, 0.25) is 0 Å². The number of halogens is 1. The van der Waals surface area contributed by atoms with E-state index < -0.39 is 10.0 Å². The van der Waals surface area contributed by atoms with Crippen LogP contribution in [-0.4, -0.2) is 36.1 Å². The van der Waals surface area contributed by atoms with Gasteiger partial charge in [-0.05, 0) is 25.7 Å². The van der Waals surface area contributed by atoms with Crippen molar-refractivity contribution >= 4 is 37.3 Å². The zero-order chi connectivity index (χ0) is 12.5. The summed E-state index contributed by atoms with van der Waals surface area (Å²) < 4.78 is 26.6. The molecular weight excluding hydrogens is 324 g/mol. The smallest absolute Gasteiger partial charge is 0.249 e. The second kappa shape index (κ2) is 5.34. The van der Waals surface area contributed by atoms with Crippen LogP contribution in [0.5, 0.6) is 0 Å². The molecular formula is C10H15BrN2O2S2. The molecule has 1 aliphatic heterocycles. The van der Waals surface area contributed by atoms with Crippen LogP contribution in [0.25, 0.3) is 0 Å². The second-order valence-electron chi connectivity index (χ2n) is 4.22. The molecule has 1 aliphatic rings. The standard InChI is InChI=1S/C10H15BrN2O2S2/c1-8-12-6-10(16-8)17(14,15)13-4-2-3-9(5-11)7-13/h6,9H,2-5,7H2,1H3. The Morgan fingerprint density at radius 3 is 3.00 bits per heavy atom. The van der Waals surface area contributed by atoms with Gasteiger partial charge in [0.05, 0.1) is 11.2 Å². The SMILES string of the molecule is Cc1ncc(S(=O)(=O)N2CCCC(CBr)C2)s1. The summed E-state index contributed by atoms with van der Waals surface area (Å²) in [6.07, 6.45) is 3.50. The normalized spacial score (nSPS) is 22.8. The molecule has 0 saturated carbocycles. The van der Waals surface area contributed by atoms with Gasteiger partial charge in [0, 0.05) is 18.4 Å². The van der Waals surface area contributed by atoms with Crippen molar-refractivity contribution in [1.29, 1.82) is 0 Å². The molecule has 7 heteroatoms. The van der Waals surface area contributed by atoms with E-state index in [1.54, 1.807) is 4.31 Å². The lowest BCUT2D eigenvalue weighted by molar-refractivity contribution is 0.286. The van der Waals surface area contributed by atoms with Crippen molar-refractivity contribution in [3.63, 3.8) is 0 Å². The van der Waals surface area contributed by atoms with Crippen molar-refractivity contribution in [2.45, 2.75) is 24.0 Å². The van der Waals surface area contributed by atoms with E-state index in [0.29, 0.717) is 23.2 Å². The summed E-state index contributed by atoms with van der Waals surface area (Å²) in [6.45, 7) is 3.06. The van der Waals surface area contributed by atoms with Crippen LogP contribution in [0.4, 0.5) is 0 Å². The first-order valence-electron chi connectivity index (χ1n) is 5.52. The van der Waals surface area contributed by atoms with E-state index in [2.05, 4.69) is 20.9 Å². The van der Waals surface area contributed by atoms with Crippen LogP contribution in [0.3, 0.4) is 0 Å². The van der Waals surface area contributed by atoms with E-state index in [0.717, 1.165) is 23.2 Å². The van der Waals surface area contributed by atoms with Crippen LogP contribution in [0.1, 0.15) is 17.8 Å². The van der Waals surface area contributed by atoms with Gasteiger partial charge in [0.1, 0.15) is 0 Å². The fourth-order valence-electron chi connectivity index (χ4n) is 1.96. The summed E-state index contributed by atoms with van der Waals surface area (Å²) in [5.74, 6) is 0.424. The molecule has 0 bridgehead atoms. The van der Waals surface area contributed by atoms with Crippen LogP contribution in [0.2, 0.25) is 0 Å². The molecule has 0 radical (unpaired) electrons. The van der Waals surface area contributed by atoms with Gasteiger partial charge in [-0.1, -0.05) is 15.9 Å². The molecule has 2 rings (SSSR count). The van der Waals surface area contributed by atoms with E-state index in [1.165, 1.54) is 17.5 Å². The maximum atomic E-state index is 12.3. The third-order valence-electron chi connectivity index (χ3n) is 2.89. The lowest BCUT2D eigenvalue weighted by atomic mass is 10.0. The number of thiazole rings is 1. The molecule has 0 aliphatic carbocycles. The molecule has 96 valence electrons. The lowest BCUT2D eigenvalue weighted by Gasteiger charge is -2.30. The van der Waals surface area contributed by atoms with Crippen molar-refractivity contribution in [2.75, 3.05) is 18.4 Å². The minimum atomic E-state index is -3.32. The predicted octanol–water partition coefficient (Wildman–Crippen LogP) is 2.25. The topological polar surface area (TPSA) is 50.3 Å². The summed E-state index contributed by atoms with van der Waals surface area (Å²) >= 11 is 4.68. The van der Waals surface area contributed by atoms with Crippen LogP contribution >= 0.6 is 27.3 Å². The molecule has 0 amide bonds. The van der Waals surface area contributed by atoms with Gasteiger partial charge in [-0.3, -0.25) is 0 Å². The lowest BCUT2D eigenvalue weighted by Crippen LogP contribution is -2.40. The Balaban J connectivity index is 2.21. The first-order valence-corrected chi connectivity index (χ1v) is 8.90. The van der Waals surface area contributed by atoms with Gasteiger partial charge in [0.25, 0.3) is 10.0 Å². The highest BCUT2D eigenvalue weighted by molar-refractivity contribution is 9.09. The Labute approximate surface area is 114 Å². The number of alkyl halides is 1. The first kappa shape index (κ1) is 13.5. The molecule has 1 atom stereocenters. The summed E-state index contributed by atoms with van der Waals surface area (Å²) in [5.41, 5.74) is 0. The number of aromatic nitrogens is 1. The van der Waals surface area contributed by atoms with Crippen LogP contribution in [0, 0.1) is 12.8 Å². The van der Waals surface area contributed by atoms with E-state index >= 15 is 0 Å². The molecule has 0 aromatic carbocycles. The number of nitrogens with zero attached hydrogens (tertiary/aromatic N) is 2. The fraction of sp³-hybridized carbons (Fsp3) is 0.700. The number of piperidine rings is 1. The molecule has 1 aromatic rings. The van der Waals surface area contributed by atoms with Gasteiger partial charge in [-0.25, -0.2) is 13.4 Å². The minimum Gasteiger partial charge on any atom is -0.249 e. The van der Waals surface area contributed by atoms with Crippen molar-refractivity contribution in [3.8, 4) is 0 Å². The Kier molecular flexibility index (Phi) is 4.22. The summed E-state index contributed by atoms with van der Waals surface area (Å²) in [4.78, 5) is 4.02. The van der Waals surface area contributed by atoms with Gasteiger partial charge in [0.15, 0.2) is 4.21 Å². The molecule has 17 heavy (non-hydrogen) atoms. The summed E-state index contributed by atoms with van der Waals surface area (Å²) in [5, 5.41) is 1.65. The second-order valence-corrected chi connectivity index (χ2v) is 8.27. The zero-order valence-electron chi connectivity index (χ0n) is 9.60. The third-order valence-corrected chi connectivity index (χ3v) is 7.02. The van der Waals surface area contributed by atoms with E-state index in [1.807, 2.05) is 6.92 Å². The molecule has 2 heterocycles. The number of sulfonamides is 1. The van der Waals surface area contributed by atoms with Gasteiger partial charge < -0.3 is 0 Å². The number of aryl methyl sites for hydroxylation is 1. The van der Waals surface area contributed by atoms with E-state index in [9.17, 15) is 8.42 Å². The van der Waals surface area contributed by atoms with Crippen molar-refractivity contribution in [3.05, 3.63) is 11.2 Å². The molecule has 1 fully saturated rings. The molecule has 0 spiro atoms. The molecule has 1 saturated heterocycles. The molecule has 0 N–H and O–H groups in total. The Morgan fingerprint density at radius 2 is 2.41 bits per heavy atom. The minimum absolute atomic E-state index is 0.366. The molecule has 4 nitrogen and oxygen atoms in total. The van der Waals surface area contributed by atoms with Gasteiger partial charge in [-0.2, -0.15) is 4.31 Å². The average molecular weight is 339 g/mol. The Bertz CT molecular complexity index is 486. The average Bonchev–Trinajstić information content (AvgIpc) is 2.76. The quantitative estimate of drug-likeness (QED) is 0.794. The zero-order valence-corrected chi connectivity index (χ0v) is 12.8. The molecule has 1 unspecified atom stereocenters. The van der Waals surface area contributed by atoms with Gasteiger partial charge in [-0.15, -0.1) is 11.3 Å². The first-order chi connectivity index (χ1) is 8.04. The largest absolute Gasteiger partial charge is 0.254 e. The number of rotatable bonds is 3. The predicted molar refractivity (Wildman–Crippen MR) is 72.1 cm³/mol. The van der Waals surface area contributed by atoms with Crippen molar-refractivity contribution in [1.82, 2.24) is 9.29 Å². The molecule has 1 aromatic heterocycles. The fourth-order valence-corrected chi connectivity index (χ4v) is 5.31. The van der Waals surface area contributed by atoms with Crippen molar-refractivity contribution < 1.29 is 8.42 Å².